The first-order chi connectivity index (χ1) is 13.7. The van der Waals surface area contributed by atoms with Crippen LogP contribution in [0.25, 0.3) is 0 Å². The van der Waals surface area contributed by atoms with Gasteiger partial charge in [0.1, 0.15) is 0 Å². The molecular weight excluding hydrogens is 346 g/mol. The minimum Gasteiger partial charge on any atom is -0.366 e. The summed E-state index contributed by atoms with van der Waals surface area (Å²) >= 11 is 0. The van der Waals surface area contributed by atoms with Crippen LogP contribution < -0.4 is 0 Å². The molecule has 0 aromatic heterocycles. The lowest BCUT2D eigenvalue weighted by Gasteiger charge is -2.58. The van der Waals surface area contributed by atoms with Gasteiger partial charge in [0.05, 0.1) is 18.2 Å². The van der Waals surface area contributed by atoms with Crippen molar-refractivity contribution in [2.24, 2.45) is 40.2 Å². The summed E-state index contributed by atoms with van der Waals surface area (Å²) in [5.41, 5.74) is 3.87. The molecule has 1 aliphatic heterocycles. The van der Waals surface area contributed by atoms with Crippen LogP contribution in [0.1, 0.15) is 77.6 Å². The Hall–Kier alpha value is -0.960. The molecule has 0 aromatic carbocycles. The summed E-state index contributed by atoms with van der Waals surface area (Å²) in [5, 5.41) is 3.45. The Balaban J connectivity index is 1.40. The molecule has 0 radical (unpaired) electrons. The van der Waals surface area contributed by atoms with E-state index in [2.05, 4.69) is 24.3 Å². The quantitative estimate of drug-likeness (QED) is 0.432. The maximum atomic E-state index is 11.2. The van der Waals surface area contributed by atoms with Gasteiger partial charge in [0.25, 0.3) is 0 Å². The van der Waals surface area contributed by atoms with Gasteiger partial charge in [0.2, 0.25) is 0 Å². The molecule has 1 spiro atoms. The van der Waals surface area contributed by atoms with Crippen molar-refractivity contribution in [1.82, 2.24) is 0 Å². The van der Waals surface area contributed by atoms with Gasteiger partial charge in [-0.15, -0.1) is 0 Å². The number of hydrogen-bond acceptors (Lipinski definition) is 3. The van der Waals surface area contributed by atoms with Crippen molar-refractivity contribution >= 4 is 0 Å². The van der Waals surface area contributed by atoms with Crippen molar-refractivity contribution in [1.29, 1.82) is 0 Å². The standard InChI is InChI=1S/C25H35NO2/c1-2-24-11-8-20-19-7-6-18(26-27)14-17(19)15-21(16-4-5-16)23(20)22(24)9-12-25(24)10-3-13-28-25/h3,10,16,18,20-23H,2,4-9,11-15H2,1H3/t18?,20?,21?,22?,23?,24-,25-/m0/s1. The molecule has 6 rings (SSSR count). The van der Waals surface area contributed by atoms with Gasteiger partial charge < -0.3 is 4.74 Å². The Morgan fingerprint density at radius 1 is 1.14 bits per heavy atom. The molecule has 5 unspecified atom stereocenters. The van der Waals surface area contributed by atoms with E-state index in [1.807, 2.05) is 0 Å². The van der Waals surface area contributed by atoms with Crippen molar-refractivity contribution in [3.05, 3.63) is 28.2 Å². The lowest BCUT2D eigenvalue weighted by atomic mass is 9.48. The first kappa shape index (κ1) is 17.9. The molecule has 5 aliphatic carbocycles. The van der Waals surface area contributed by atoms with E-state index in [9.17, 15) is 4.91 Å². The van der Waals surface area contributed by atoms with E-state index in [1.54, 1.807) is 11.1 Å². The molecule has 28 heavy (non-hydrogen) atoms. The first-order valence-electron chi connectivity index (χ1n) is 12.1. The zero-order valence-corrected chi connectivity index (χ0v) is 17.4. The van der Waals surface area contributed by atoms with Crippen LogP contribution in [0.2, 0.25) is 0 Å². The minimum atomic E-state index is 0.0409. The minimum absolute atomic E-state index is 0.0409. The molecule has 0 aromatic rings. The smallest absolute Gasteiger partial charge is 0.0959 e. The number of fused-ring (bicyclic) bond motifs is 5. The van der Waals surface area contributed by atoms with Crippen molar-refractivity contribution in [2.45, 2.75) is 89.2 Å². The van der Waals surface area contributed by atoms with E-state index in [1.165, 1.54) is 51.4 Å². The summed E-state index contributed by atoms with van der Waals surface area (Å²) in [6.45, 7) is 3.26. The van der Waals surface area contributed by atoms with Gasteiger partial charge in [-0.2, -0.15) is 4.91 Å². The highest BCUT2D eigenvalue weighted by Crippen LogP contribution is 2.70. The van der Waals surface area contributed by atoms with Gasteiger partial charge >= 0.3 is 0 Å². The Morgan fingerprint density at radius 3 is 2.75 bits per heavy atom. The Labute approximate surface area is 169 Å². The molecule has 0 bridgehead atoms. The molecule has 152 valence electrons. The van der Waals surface area contributed by atoms with Crippen LogP contribution in [0, 0.1) is 39.9 Å². The highest BCUT2D eigenvalue weighted by molar-refractivity contribution is 5.32. The maximum absolute atomic E-state index is 11.2. The van der Waals surface area contributed by atoms with Crippen LogP contribution in [0.3, 0.4) is 0 Å². The summed E-state index contributed by atoms with van der Waals surface area (Å²) in [5.74, 6) is 4.33. The predicted molar refractivity (Wildman–Crippen MR) is 111 cm³/mol. The predicted octanol–water partition coefficient (Wildman–Crippen LogP) is 6.19. The summed E-state index contributed by atoms with van der Waals surface area (Å²) in [6.07, 6.45) is 18.6. The van der Waals surface area contributed by atoms with Crippen LogP contribution >= 0.6 is 0 Å². The summed E-state index contributed by atoms with van der Waals surface area (Å²) in [6, 6.07) is 0.0558. The van der Waals surface area contributed by atoms with E-state index in [0.29, 0.717) is 5.41 Å². The molecule has 0 saturated heterocycles. The topological polar surface area (TPSA) is 38.7 Å². The maximum Gasteiger partial charge on any atom is 0.0959 e. The molecule has 6 aliphatic rings. The Kier molecular flexibility index (Phi) is 4.00. The average molecular weight is 382 g/mol. The van der Waals surface area contributed by atoms with E-state index in [4.69, 9.17) is 4.74 Å². The number of hydrogen-bond donors (Lipinski definition) is 0. The second-order valence-electron chi connectivity index (χ2n) is 10.8. The largest absolute Gasteiger partial charge is 0.366 e. The Bertz CT molecular complexity index is 737. The van der Waals surface area contributed by atoms with Crippen molar-refractivity contribution in [2.75, 3.05) is 6.61 Å². The molecule has 3 nitrogen and oxygen atoms in total. The van der Waals surface area contributed by atoms with Crippen LogP contribution in [-0.2, 0) is 4.74 Å². The lowest BCUT2D eigenvalue weighted by Crippen LogP contribution is -2.54. The van der Waals surface area contributed by atoms with E-state index in [-0.39, 0.29) is 11.6 Å². The van der Waals surface area contributed by atoms with Crippen LogP contribution in [0.4, 0.5) is 0 Å². The summed E-state index contributed by atoms with van der Waals surface area (Å²) in [4.78, 5) is 11.2. The number of ether oxygens (including phenoxy) is 1. The van der Waals surface area contributed by atoms with Gasteiger partial charge in [-0.3, -0.25) is 0 Å². The van der Waals surface area contributed by atoms with Crippen molar-refractivity contribution in [3.63, 3.8) is 0 Å². The number of rotatable bonds is 3. The van der Waals surface area contributed by atoms with Gasteiger partial charge in [-0.1, -0.05) is 35.4 Å². The molecular formula is C25H35NO2. The molecule has 0 N–H and O–H groups in total. The highest BCUT2D eigenvalue weighted by Gasteiger charge is 2.66. The highest BCUT2D eigenvalue weighted by atomic mass is 16.5. The van der Waals surface area contributed by atoms with Crippen molar-refractivity contribution < 1.29 is 4.74 Å². The van der Waals surface area contributed by atoms with Gasteiger partial charge in [0.15, 0.2) is 0 Å². The molecule has 7 atom stereocenters. The number of allylic oxidation sites excluding steroid dienone is 1. The van der Waals surface area contributed by atoms with Gasteiger partial charge in [-0.25, -0.2) is 0 Å². The average Bonchev–Trinajstić information content (AvgIpc) is 3.39. The Morgan fingerprint density at radius 2 is 2.04 bits per heavy atom. The normalized spacial score (nSPS) is 49.8. The summed E-state index contributed by atoms with van der Waals surface area (Å²) < 4.78 is 6.52. The fourth-order valence-corrected chi connectivity index (χ4v) is 8.94. The van der Waals surface area contributed by atoms with Gasteiger partial charge in [0, 0.05) is 5.41 Å². The summed E-state index contributed by atoms with van der Waals surface area (Å²) in [7, 11) is 0. The lowest BCUT2D eigenvalue weighted by molar-refractivity contribution is -0.122. The first-order valence-corrected chi connectivity index (χ1v) is 12.1. The monoisotopic (exact) mass is 381 g/mol. The molecule has 3 saturated carbocycles. The van der Waals surface area contributed by atoms with E-state index in [0.717, 1.165) is 55.5 Å². The molecule has 3 fully saturated rings. The zero-order chi connectivity index (χ0) is 18.9. The molecule has 1 heterocycles. The second kappa shape index (κ2) is 6.27. The van der Waals surface area contributed by atoms with Gasteiger partial charge in [-0.05, 0) is 100 Å². The third-order valence-corrected chi connectivity index (χ3v) is 10.1. The zero-order valence-electron chi connectivity index (χ0n) is 17.4. The third kappa shape index (κ3) is 2.26. The fourth-order valence-electron chi connectivity index (χ4n) is 8.94. The second-order valence-corrected chi connectivity index (χ2v) is 10.8. The van der Waals surface area contributed by atoms with Crippen molar-refractivity contribution in [3.8, 4) is 0 Å². The third-order valence-electron chi connectivity index (χ3n) is 10.1. The molecule has 0 amide bonds. The van der Waals surface area contributed by atoms with Crippen LogP contribution in [-0.4, -0.2) is 18.2 Å². The number of nitrogens with zero attached hydrogens (tertiary/aromatic N) is 1. The van der Waals surface area contributed by atoms with Crippen LogP contribution in [0.15, 0.2) is 28.5 Å². The van der Waals surface area contributed by atoms with Crippen LogP contribution in [0.5, 0.6) is 0 Å². The fraction of sp³-hybridized carbons (Fsp3) is 0.840. The number of nitroso groups, excluding NO2 is 1. The molecule has 3 heteroatoms. The van der Waals surface area contributed by atoms with E-state index >= 15 is 0 Å². The van der Waals surface area contributed by atoms with E-state index < -0.39 is 0 Å². The SMILES string of the molecule is CC[C@]12CCC3C4=C(CC(N=O)CC4)CC(C4CC4)C3C1CC[C@@]21C=CCO1.